The molecule has 0 radical (unpaired) electrons. The van der Waals surface area contributed by atoms with Crippen molar-refractivity contribution in [3.8, 4) is 0 Å². The largest absolute Gasteiger partial charge is 0.328 e. The number of halogens is 1. The lowest BCUT2D eigenvalue weighted by Gasteiger charge is -2.39. The molecule has 0 saturated carbocycles. The molecule has 0 aromatic heterocycles. The zero-order valence-electron chi connectivity index (χ0n) is 20.1. The van der Waals surface area contributed by atoms with Gasteiger partial charge in [0.15, 0.2) is 0 Å². The lowest BCUT2D eigenvalue weighted by atomic mass is 9.90. The SMILES string of the molecule is CCCCCCCCC(CCc1cccc(C(C)I)c1)C(OCC)(OCC)OCC. The highest BCUT2D eigenvalue weighted by Crippen LogP contribution is 2.34. The van der Waals surface area contributed by atoms with Gasteiger partial charge in [0.25, 0.3) is 5.97 Å². The molecule has 1 aromatic carbocycles. The van der Waals surface area contributed by atoms with Crippen LogP contribution in [0.5, 0.6) is 0 Å². The predicted molar refractivity (Wildman–Crippen MR) is 136 cm³/mol. The molecule has 0 aliphatic rings. The third-order valence-corrected chi connectivity index (χ3v) is 6.35. The Morgan fingerprint density at radius 3 is 2.00 bits per heavy atom. The number of alkyl halides is 1. The Kier molecular flexibility index (Phi) is 15.3. The lowest BCUT2D eigenvalue weighted by molar-refractivity contribution is -0.403. The number of hydrogen-bond acceptors (Lipinski definition) is 3. The van der Waals surface area contributed by atoms with Gasteiger partial charge in [-0.3, -0.25) is 0 Å². The van der Waals surface area contributed by atoms with Crippen LogP contribution in [-0.2, 0) is 20.6 Å². The first-order valence-corrected chi connectivity index (χ1v) is 13.4. The van der Waals surface area contributed by atoms with Gasteiger partial charge < -0.3 is 14.2 Å². The minimum absolute atomic E-state index is 0.226. The summed E-state index contributed by atoms with van der Waals surface area (Å²) in [6, 6.07) is 9.00. The first-order valence-electron chi connectivity index (χ1n) is 12.2. The standard InChI is InChI=1S/C26H45IO3/c1-6-10-11-12-13-14-18-25(26(28-7-2,29-8-3)30-9-4)20-19-23-16-15-17-24(21-23)22(5)27/h15-17,21-22,25H,6-14,18-20H2,1-5H3. The number of aryl methyl sites for hydroxylation is 1. The second-order valence-corrected chi connectivity index (χ2v) is 9.92. The van der Waals surface area contributed by atoms with Crippen molar-refractivity contribution in [2.45, 2.75) is 102 Å². The van der Waals surface area contributed by atoms with Crippen molar-refractivity contribution in [1.82, 2.24) is 0 Å². The number of hydrogen-bond donors (Lipinski definition) is 0. The van der Waals surface area contributed by atoms with E-state index in [0.29, 0.717) is 23.7 Å². The van der Waals surface area contributed by atoms with Gasteiger partial charge in [-0.1, -0.05) is 92.3 Å². The maximum absolute atomic E-state index is 6.17. The Morgan fingerprint density at radius 2 is 1.43 bits per heavy atom. The molecule has 2 unspecified atom stereocenters. The molecule has 30 heavy (non-hydrogen) atoms. The Balaban J connectivity index is 2.89. The summed E-state index contributed by atoms with van der Waals surface area (Å²) in [4.78, 5) is 0. The van der Waals surface area contributed by atoms with E-state index in [0.717, 1.165) is 19.3 Å². The summed E-state index contributed by atoms with van der Waals surface area (Å²) in [7, 11) is 0. The summed E-state index contributed by atoms with van der Waals surface area (Å²) >= 11 is 2.48. The maximum Gasteiger partial charge on any atom is 0.285 e. The number of rotatable bonds is 18. The van der Waals surface area contributed by atoms with Crippen LogP contribution < -0.4 is 0 Å². The van der Waals surface area contributed by atoms with Crippen molar-refractivity contribution >= 4 is 22.6 Å². The molecule has 2 atom stereocenters. The van der Waals surface area contributed by atoms with Crippen LogP contribution in [0.4, 0.5) is 0 Å². The van der Waals surface area contributed by atoms with Crippen molar-refractivity contribution in [3.63, 3.8) is 0 Å². The van der Waals surface area contributed by atoms with Crippen LogP contribution in [0.15, 0.2) is 24.3 Å². The Hall–Kier alpha value is -0.170. The molecule has 0 N–H and O–H groups in total. The molecule has 0 aliphatic carbocycles. The van der Waals surface area contributed by atoms with Gasteiger partial charge in [-0.2, -0.15) is 0 Å². The quantitative estimate of drug-likeness (QED) is 0.0825. The van der Waals surface area contributed by atoms with Crippen LogP contribution >= 0.6 is 22.6 Å². The Bertz CT molecular complexity index is 530. The molecule has 174 valence electrons. The monoisotopic (exact) mass is 532 g/mol. The van der Waals surface area contributed by atoms with E-state index in [1.165, 1.54) is 49.7 Å². The third kappa shape index (κ3) is 9.97. The molecule has 3 nitrogen and oxygen atoms in total. The molecule has 0 aliphatic heterocycles. The average molecular weight is 533 g/mol. The summed E-state index contributed by atoms with van der Waals surface area (Å²) < 4.78 is 19.0. The summed E-state index contributed by atoms with van der Waals surface area (Å²) in [5.41, 5.74) is 2.79. The normalized spacial score (nSPS) is 14.1. The number of unbranched alkanes of at least 4 members (excludes halogenated alkanes) is 5. The van der Waals surface area contributed by atoms with Gasteiger partial charge >= 0.3 is 0 Å². The highest BCUT2D eigenvalue weighted by Gasteiger charge is 2.41. The van der Waals surface area contributed by atoms with E-state index >= 15 is 0 Å². The second kappa shape index (κ2) is 16.5. The minimum atomic E-state index is -0.921. The van der Waals surface area contributed by atoms with E-state index in [4.69, 9.17) is 14.2 Å². The van der Waals surface area contributed by atoms with Gasteiger partial charge in [-0.25, -0.2) is 0 Å². The summed E-state index contributed by atoms with van der Waals surface area (Å²) in [5, 5.41) is 0. The van der Waals surface area contributed by atoms with Gasteiger partial charge in [0.2, 0.25) is 0 Å². The fourth-order valence-corrected chi connectivity index (χ4v) is 4.48. The summed E-state index contributed by atoms with van der Waals surface area (Å²) in [6.45, 7) is 12.4. The molecule has 1 aromatic rings. The van der Waals surface area contributed by atoms with E-state index in [1.54, 1.807) is 0 Å². The second-order valence-electron chi connectivity index (χ2n) is 8.06. The molecule has 0 amide bonds. The van der Waals surface area contributed by atoms with Crippen LogP contribution in [0.1, 0.15) is 101 Å². The van der Waals surface area contributed by atoms with E-state index < -0.39 is 5.97 Å². The molecular formula is C26H45IO3. The molecule has 0 bridgehead atoms. The number of benzene rings is 1. The van der Waals surface area contributed by atoms with E-state index in [9.17, 15) is 0 Å². The highest BCUT2D eigenvalue weighted by atomic mass is 127. The molecule has 0 heterocycles. The smallest absolute Gasteiger partial charge is 0.285 e. The van der Waals surface area contributed by atoms with E-state index in [1.807, 2.05) is 20.8 Å². The van der Waals surface area contributed by atoms with Crippen LogP contribution in [-0.4, -0.2) is 25.8 Å². The van der Waals surface area contributed by atoms with Gasteiger partial charge in [0.05, 0.1) is 0 Å². The molecule has 0 spiro atoms. The summed E-state index contributed by atoms with van der Waals surface area (Å²) in [5.74, 6) is -0.695. The van der Waals surface area contributed by atoms with Crippen molar-refractivity contribution in [2.24, 2.45) is 5.92 Å². The van der Waals surface area contributed by atoms with E-state index in [2.05, 4.69) is 60.7 Å². The fraction of sp³-hybridized carbons (Fsp3) is 0.769. The molecule has 1 rings (SSSR count). The van der Waals surface area contributed by atoms with Crippen LogP contribution in [0.2, 0.25) is 0 Å². The first-order chi connectivity index (χ1) is 14.5. The van der Waals surface area contributed by atoms with Crippen molar-refractivity contribution in [1.29, 1.82) is 0 Å². The topological polar surface area (TPSA) is 27.7 Å². The zero-order valence-corrected chi connectivity index (χ0v) is 22.2. The Labute approximate surface area is 199 Å². The average Bonchev–Trinajstić information content (AvgIpc) is 2.73. The fourth-order valence-electron chi connectivity index (χ4n) is 4.09. The first kappa shape index (κ1) is 27.9. The van der Waals surface area contributed by atoms with Crippen LogP contribution in [0, 0.1) is 5.92 Å². The van der Waals surface area contributed by atoms with Gasteiger partial charge in [-0.05, 0) is 58.1 Å². The van der Waals surface area contributed by atoms with Crippen LogP contribution in [0.25, 0.3) is 0 Å². The molecular weight excluding hydrogens is 487 g/mol. The third-order valence-electron chi connectivity index (χ3n) is 5.63. The molecule has 4 heteroatoms. The van der Waals surface area contributed by atoms with Gasteiger partial charge in [-0.15, -0.1) is 0 Å². The maximum atomic E-state index is 6.17. The zero-order chi connectivity index (χ0) is 22.2. The van der Waals surface area contributed by atoms with Crippen molar-refractivity contribution < 1.29 is 14.2 Å². The van der Waals surface area contributed by atoms with Crippen molar-refractivity contribution in [3.05, 3.63) is 35.4 Å². The van der Waals surface area contributed by atoms with E-state index in [-0.39, 0.29) is 5.92 Å². The Morgan fingerprint density at radius 1 is 0.833 bits per heavy atom. The minimum Gasteiger partial charge on any atom is -0.328 e. The van der Waals surface area contributed by atoms with Crippen LogP contribution in [0.3, 0.4) is 0 Å². The lowest BCUT2D eigenvalue weighted by Crippen LogP contribution is -2.47. The number of ether oxygens (including phenoxy) is 3. The van der Waals surface area contributed by atoms with Crippen molar-refractivity contribution in [2.75, 3.05) is 19.8 Å². The molecule has 0 fully saturated rings. The highest BCUT2D eigenvalue weighted by molar-refractivity contribution is 14.1. The van der Waals surface area contributed by atoms with Gasteiger partial charge in [0.1, 0.15) is 0 Å². The molecule has 0 saturated heterocycles. The summed E-state index contributed by atoms with van der Waals surface area (Å²) in [6.07, 6.45) is 10.9. The van der Waals surface area contributed by atoms with Gasteiger partial charge in [0, 0.05) is 29.7 Å². The predicted octanol–water partition coefficient (Wildman–Crippen LogP) is 8.25.